The number of hydrogen-bond donors (Lipinski definition) is 2. The van der Waals surface area contributed by atoms with Crippen molar-refractivity contribution in [1.82, 2.24) is 10.4 Å². The van der Waals surface area contributed by atoms with Gasteiger partial charge in [0.05, 0.1) is 23.9 Å². The van der Waals surface area contributed by atoms with Gasteiger partial charge in [-0.3, -0.25) is 16.3 Å². The number of nitrogens with two attached hydrogens (primary N) is 1. The van der Waals surface area contributed by atoms with Crippen LogP contribution in [-0.2, 0) is 4.74 Å². The summed E-state index contributed by atoms with van der Waals surface area (Å²) in [7, 11) is 0. The largest absolute Gasteiger partial charge is 0.381 e. The maximum absolute atomic E-state index is 5.78. The molecule has 4 nitrogen and oxygen atoms in total. The molecule has 1 aromatic carbocycles. The second-order valence-corrected chi connectivity index (χ2v) is 5.50. The van der Waals surface area contributed by atoms with Crippen LogP contribution in [0.1, 0.15) is 30.1 Å². The predicted octanol–water partition coefficient (Wildman–Crippen LogP) is 2.47. The van der Waals surface area contributed by atoms with Crippen molar-refractivity contribution in [3.63, 3.8) is 0 Å². The molecule has 0 aliphatic carbocycles. The Kier molecular flexibility index (Phi) is 3.96. The first-order valence-electron chi connectivity index (χ1n) is 7.20. The van der Waals surface area contributed by atoms with Crippen LogP contribution in [0.4, 0.5) is 0 Å². The van der Waals surface area contributed by atoms with Crippen molar-refractivity contribution in [2.75, 3.05) is 13.2 Å². The van der Waals surface area contributed by atoms with Crippen LogP contribution in [0, 0.1) is 12.8 Å². The van der Waals surface area contributed by atoms with E-state index < -0.39 is 0 Å². The summed E-state index contributed by atoms with van der Waals surface area (Å²) in [5, 5.41) is 1.20. The molecule has 0 spiro atoms. The highest BCUT2D eigenvalue weighted by atomic mass is 16.5. The number of hydrazine groups is 1. The van der Waals surface area contributed by atoms with Gasteiger partial charge >= 0.3 is 0 Å². The van der Waals surface area contributed by atoms with Gasteiger partial charge in [-0.15, -0.1) is 0 Å². The fourth-order valence-corrected chi connectivity index (χ4v) is 3.03. The molecule has 1 saturated heterocycles. The van der Waals surface area contributed by atoms with Crippen LogP contribution in [0.15, 0.2) is 30.3 Å². The third-order valence-electron chi connectivity index (χ3n) is 4.11. The summed E-state index contributed by atoms with van der Waals surface area (Å²) < 4.78 is 5.58. The van der Waals surface area contributed by atoms with E-state index in [2.05, 4.69) is 30.5 Å². The van der Waals surface area contributed by atoms with E-state index in [1.54, 1.807) is 0 Å². The number of ether oxygens (including phenoxy) is 1. The smallest absolute Gasteiger partial charge is 0.0708 e. The number of fused-ring (bicyclic) bond motifs is 1. The van der Waals surface area contributed by atoms with Crippen molar-refractivity contribution in [3.05, 3.63) is 41.6 Å². The zero-order valence-corrected chi connectivity index (χ0v) is 11.8. The molecule has 3 rings (SSSR count). The number of hydrogen-bond acceptors (Lipinski definition) is 4. The Morgan fingerprint density at radius 1 is 1.40 bits per heavy atom. The van der Waals surface area contributed by atoms with Crippen LogP contribution >= 0.6 is 0 Å². The van der Waals surface area contributed by atoms with Crippen LogP contribution < -0.4 is 11.3 Å². The van der Waals surface area contributed by atoms with Crippen LogP contribution in [0.3, 0.4) is 0 Å². The van der Waals surface area contributed by atoms with E-state index in [-0.39, 0.29) is 6.04 Å². The minimum Gasteiger partial charge on any atom is -0.381 e. The summed E-state index contributed by atoms with van der Waals surface area (Å²) in [6, 6.07) is 10.4. The quantitative estimate of drug-likeness (QED) is 0.665. The lowest BCUT2D eigenvalue weighted by Gasteiger charge is -2.29. The molecule has 0 saturated carbocycles. The molecule has 2 heterocycles. The monoisotopic (exact) mass is 271 g/mol. The van der Waals surface area contributed by atoms with Crippen molar-refractivity contribution < 1.29 is 4.74 Å². The first-order chi connectivity index (χ1) is 9.79. The van der Waals surface area contributed by atoms with Gasteiger partial charge < -0.3 is 4.74 Å². The van der Waals surface area contributed by atoms with Gasteiger partial charge in [-0.1, -0.05) is 18.2 Å². The molecule has 0 bridgehead atoms. The van der Waals surface area contributed by atoms with E-state index in [0.29, 0.717) is 5.92 Å². The molecule has 2 unspecified atom stereocenters. The number of pyridine rings is 1. The molecule has 4 heteroatoms. The van der Waals surface area contributed by atoms with Crippen LogP contribution in [0.2, 0.25) is 0 Å². The lowest BCUT2D eigenvalue weighted by Crippen LogP contribution is -2.37. The third kappa shape index (κ3) is 2.54. The van der Waals surface area contributed by atoms with E-state index in [1.807, 2.05) is 12.1 Å². The molecule has 20 heavy (non-hydrogen) atoms. The number of aromatic nitrogens is 1. The van der Waals surface area contributed by atoms with Crippen molar-refractivity contribution in [3.8, 4) is 0 Å². The van der Waals surface area contributed by atoms with Gasteiger partial charge in [0.1, 0.15) is 0 Å². The van der Waals surface area contributed by atoms with Crippen LogP contribution in [0.25, 0.3) is 10.9 Å². The van der Waals surface area contributed by atoms with E-state index in [1.165, 1.54) is 10.9 Å². The highest BCUT2D eigenvalue weighted by molar-refractivity contribution is 5.82. The number of benzene rings is 1. The number of rotatable bonds is 3. The lowest BCUT2D eigenvalue weighted by molar-refractivity contribution is 0.0384. The van der Waals surface area contributed by atoms with Crippen LogP contribution in [-0.4, -0.2) is 18.2 Å². The van der Waals surface area contributed by atoms with E-state index in [9.17, 15) is 0 Å². The van der Waals surface area contributed by atoms with Gasteiger partial charge in [0.15, 0.2) is 0 Å². The Labute approximate surface area is 119 Å². The Bertz CT molecular complexity index is 593. The van der Waals surface area contributed by atoms with Gasteiger partial charge in [0.2, 0.25) is 0 Å². The van der Waals surface area contributed by atoms with Crippen molar-refractivity contribution >= 4 is 10.9 Å². The fourth-order valence-electron chi connectivity index (χ4n) is 3.03. The molecule has 2 atom stereocenters. The van der Waals surface area contributed by atoms with Crippen molar-refractivity contribution in [2.24, 2.45) is 11.8 Å². The third-order valence-corrected chi connectivity index (χ3v) is 4.11. The predicted molar refractivity (Wildman–Crippen MR) is 80.1 cm³/mol. The molecule has 1 fully saturated rings. The molecule has 2 aromatic rings. The molecule has 3 N–H and O–H groups in total. The topological polar surface area (TPSA) is 60.2 Å². The van der Waals surface area contributed by atoms with Crippen molar-refractivity contribution in [1.29, 1.82) is 0 Å². The summed E-state index contributed by atoms with van der Waals surface area (Å²) in [6.07, 6.45) is 2.22. The highest BCUT2D eigenvalue weighted by Gasteiger charge is 2.26. The maximum Gasteiger partial charge on any atom is 0.0708 e. The summed E-state index contributed by atoms with van der Waals surface area (Å²) in [5.74, 6) is 6.17. The number of para-hydroxylation sites is 1. The second kappa shape index (κ2) is 5.87. The summed E-state index contributed by atoms with van der Waals surface area (Å²) in [6.45, 7) is 3.73. The Balaban J connectivity index is 1.98. The average molecular weight is 271 g/mol. The van der Waals surface area contributed by atoms with Crippen molar-refractivity contribution in [2.45, 2.75) is 25.8 Å². The van der Waals surface area contributed by atoms with Gasteiger partial charge in [0, 0.05) is 17.9 Å². The van der Waals surface area contributed by atoms with Gasteiger partial charge in [-0.05, 0) is 37.5 Å². The molecular formula is C16H21N3O. The molecular weight excluding hydrogens is 250 g/mol. The van der Waals surface area contributed by atoms with Gasteiger partial charge in [-0.25, -0.2) is 0 Å². The summed E-state index contributed by atoms with van der Waals surface area (Å²) in [4.78, 5) is 4.78. The standard InChI is InChI=1S/C16H21N3O/c1-11-9-15(18-14-7-3-2-6-13(11)14)16(19-17)12-5-4-8-20-10-12/h2-3,6-7,9,12,16,19H,4-5,8,10,17H2,1H3. The molecule has 106 valence electrons. The van der Waals surface area contributed by atoms with E-state index >= 15 is 0 Å². The zero-order valence-electron chi connectivity index (χ0n) is 11.8. The fraction of sp³-hybridized carbons (Fsp3) is 0.438. The molecule has 1 aliphatic rings. The van der Waals surface area contributed by atoms with Gasteiger partial charge in [0.25, 0.3) is 0 Å². The van der Waals surface area contributed by atoms with E-state index in [4.69, 9.17) is 15.6 Å². The van der Waals surface area contributed by atoms with E-state index in [0.717, 1.165) is 37.3 Å². The average Bonchev–Trinajstić information content (AvgIpc) is 2.49. The Hall–Kier alpha value is -1.49. The highest BCUT2D eigenvalue weighted by Crippen LogP contribution is 2.29. The number of aryl methyl sites for hydroxylation is 1. The number of nitrogens with one attached hydrogen (secondary N) is 1. The molecule has 1 aliphatic heterocycles. The van der Waals surface area contributed by atoms with Gasteiger partial charge in [-0.2, -0.15) is 0 Å². The second-order valence-electron chi connectivity index (χ2n) is 5.50. The summed E-state index contributed by atoms with van der Waals surface area (Å²) >= 11 is 0. The number of nitrogens with zero attached hydrogens (tertiary/aromatic N) is 1. The molecule has 0 radical (unpaired) electrons. The minimum atomic E-state index is 0.0543. The zero-order chi connectivity index (χ0) is 13.9. The van der Waals surface area contributed by atoms with Crippen LogP contribution in [0.5, 0.6) is 0 Å². The first kappa shape index (κ1) is 13.5. The SMILES string of the molecule is Cc1cc(C(NN)C2CCCOC2)nc2ccccc12. The first-order valence-corrected chi connectivity index (χ1v) is 7.20. The Morgan fingerprint density at radius 3 is 3.00 bits per heavy atom. The lowest BCUT2D eigenvalue weighted by atomic mass is 9.91. The molecule has 0 amide bonds. The minimum absolute atomic E-state index is 0.0543. The normalized spacial score (nSPS) is 21.0. The molecule has 1 aromatic heterocycles. The summed E-state index contributed by atoms with van der Waals surface area (Å²) in [5.41, 5.74) is 6.22. The Morgan fingerprint density at radius 2 is 2.25 bits per heavy atom. The maximum atomic E-state index is 5.78.